The Morgan fingerprint density at radius 2 is 1.93 bits per heavy atom. The first-order valence-electron chi connectivity index (χ1n) is 8.97. The van der Waals surface area contributed by atoms with Crippen molar-refractivity contribution in [3.05, 3.63) is 70.8 Å². The van der Waals surface area contributed by atoms with Gasteiger partial charge in [-0.1, -0.05) is 0 Å². The zero-order chi connectivity index (χ0) is 19.7. The molecule has 1 unspecified atom stereocenters. The third kappa shape index (κ3) is 3.49. The number of H-pyrrole nitrogens is 2. The molecule has 8 nitrogen and oxygen atoms in total. The SMILES string of the molecule is CC(C)Oc1ccc(-n2c(=O)ccc3cc(C(O)Nc4cc[nH]n4)[nH]c32)cc1. The van der Waals surface area contributed by atoms with E-state index >= 15 is 0 Å². The predicted octanol–water partition coefficient (Wildman–Crippen LogP) is 2.93. The molecule has 144 valence electrons. The van der Waals surface area contributed by atoms with Gasteiger partial charge >= 0.3 is 0 Å². The highest BCUT2D eigenvalue weighted by atomic mass is 16.5. The minimum absolute atomic E-state index is 0.0754. The Hall–Kier alpha value is -3.52. The highest BCUT2D eigenvalue weighted by Crippen LogP contribution is 2.23. The molecule has 4 aromatic rings. The van der Waals surface area contributed by atoms with E-state index in [4.69, 9.17) is 4.74 Å². The van der Waals surface area contributed by atoms with Crippen LogP contribution < -0.4 is 15.6 Å². The lowest BCUT2D eigenvalue weighted by molar-refractivity contribution is 0.203. The number of nitrogens with one attached hydrogen (secondary N) is 3. The van der Waals surface area contributed by atoms with Gasteiger partial charge in [-0.05, 0) is 56.3 Å². The smallest absolute Gasteiger partial charge is 0.256 e. The van der Waals surface area contributed by atoms with E-state index in [1.54, 1.807) is 29.0 Å². The molecular formula is C20H21N5O3. The maximum Gasteiger partial charge on any atom is 0.256 e. The van der Waals surface area contributed by atoms with Crippen molar-refractivity contribution in [1.82, 2.24) is 19.7 Å². The number of benzene rings is 1. The maximum absolute atomic E-state index is 12.6. The lowest BCUT2D eigenvalue weighted by Crippen LogP contribution is -2.17. The fourth-order valence-electron chi connectivity index (χ4n) is 3.05. The van der Waals surface area contributed by atoms with Crippen molar-refractivity contribution >= 4 is 16.9 Å². The second kappa shape index (κ2) is 7.24. The molecule has 0 aliphatic carbocycles. The monoisotopic (exact) mass is 379 g/mol. The molecule has 0 radical (unpaired) electrons. The van der Waals surface area contributed by atoms with Crippen molar-refractivity contribution in [2.45, 2.75) is 26.2 Å². The zero-order valence-corrected chi connectivity index (χ0v) is 15.5. The highest BCUT2D eigenvalue weighted by molar-refractivity contribution is 5.79. The number of pyridine rings is 1. The Labute approximate surface area is 160 Å². The van der Waals surface area contributed by atoms with Crippen molar-refractivity contribution in [2.24, 2.45) is 0 Å². The minimum atomic E-state index is -0.999. The molecule has 0 amide bonds. The van der Waals surface area contributed by atoms with E-state index in [9.17, 15) is 9.90 Å². The Morgan fingerprint density at radius 3 is 2.61 bits per heavy atom. The summed E-state index contributed by atoms with van der Waals surface area (Å²) >= 11 is 0. The molecule has 0 aliphatic heterocycles. The number of aromatic nitrogens is 4. The summed E-state index contributed by atoms with van der Waals surface area (Å²) in [6.07, 6.45) is 0.734. The second-order valence-corrected chi connectivity index (χ2v) is 6.70. The number of hydrogen-bond donors (Lipinski definition) is 4. The van der Waals surface area contributed by atoms with Crippen molar-refractivity contribution in [3.8, 4) is 11.4 Å². The summed E-state index contributed by atoms with van der Waals surface area (Å²) in [5.74, 6) is 1.26. The van der Waals surface area contributed by atoms with Gasteiger partial charge in [0.15, 0.2) is 6.23 Å². The number of aliphatic hydroxyl groups is 1. The van der Waals surface area contributed by atoms with Gasteiger partial charge in [-0.2, -0.15) is 5.10 Å². The van der Waals surface area contributed by atoms with Crippen LogP contribution in [0.2, 0.25) is 0 Å². The van der Waals surface area contributed by atoms with Crippen LogP contribution in [0.25, 0.3) is 16.7 Å². The van der Waals surface area contributed by atoms with Gasteiger partial charge in [0.25, 0.3) is 5.56 Å². The second-order valence-electron chi connectivity index (χ2n) is 6.70. The standard InChI is InChI=1S/C20H21N5O3/c1-12(2)28-15-6-4-14(5-7-15)25-18(26)8-3-13-11-16(22-19(13)25)20(27)23-17-9-10-21-24-17/h3-12,20,22,27H,1-2H3,(H2,21,23,24). The van der Waals surface area contributed by atoms with E-state index < -0.39 is 6.23 Å². The first-order chi connectivity index (χ1) is 13.5. The van der Waals surface area contributed by atoms with E-state index in [0.717, 1.165) is 11.1 Å². The summed E-state index contributed by atoms with van der Waals surface area (Å²) < 4.78 is 7.23. The van der Waals surface area contributed by atoms with Crippen LogP contribution in [0.4, 0.5) is 5.82 Å². The fraction of sp³-hybridized carbons (Fsp3) is 0.200. The Morgan fingerprint density at radius 1 is 1.14 bits per heavy atom. The van der Waals surface area contributed by atoms with E-state index in [1.165, 1.54) is 6.07 Å². The number of hydrogen-bond acceptors (Lipinski definition) is 5. The molecule has 4 N–H and O–H groups in total. The van der Waals surface area contributed by atoms with Gasteiger partial charge in [-0.3, -0.25) is 14.5 Å². The van der Waals surface area contributed by atoms with Gasteiger partial charge in [0.05, 0.1) is 17.5 Å². The van der Waals surface area contributed by atoms with Crippen molar-refractivity contribution in [2.75, 3.05) is 5.32 Å². The number of anilines is 1. The molecule has 1 aromatic carbocycles. The molecule has 8 heteroatoms. The third-order valence-electron chi connectivity index (χ3n) is 4.24. The molecule has 0 fully saturated rings. The molecule has 0 saturated heterocycles. The molecule has 0 aliphatic rings. The summed E-state index contributed by atoms with van der Waals surface area (Å²) in [5.41, 5.74) is 1.66. The van der Waals surface area contributed by atoms with Crippen LogP contribution in [0, 0.1) is 0 Å². The number of nitrogens with zero attached hydrogens (tertiary/aromatic N) is 2. The number of ether oxygens (including phenoxy) is 1. The largest absolute Gasteiger partial charge is 0.491 e. The average Bonchev–Trinajstić information content (AvgIpc) is 3.31. The van der Waals surface area contributed by atoms with Crippen LogP contribution in [0.5, 0.6) is 5.75 Å². The van der Waals surface area contributed by atoms with E-state index in [1.807, 2.05) is 38.1 Å². The molecule has 0 spiro atoms. The lowest BCUT2D eigenvalue weighted by Gasteiger charge is -2.12. The molecule has 0 saturated carbocycles. The summed E-state index contributed by atoms with van der Waals surface area (Å²) in [6.45, 7) is 3.92. The minimum Gasteiger partial charge on any atom is -0.491 e. The topological polar surface area (TPSA) is 108 Å². The molecule has 4 rings (SSSR count). The first kappa shape index (κ1) is 17.9. The number of rotatable bonds is 6. The Balaban J connectivity index is 1.71. The van der Waals surface area contributed by atoms with Crippen molar-refractivity contribution < 1.29 is 9.84 Å². The van der Waals surface area contributed by atoms with Crippen LogP contribution in [-0.4, -0.2) is 31.0 Å². The summed E-state index contributed by atoms with van der Waals surface area (Å²) in [4.78, 5) is 15.7. The number of aromatic amines is 2. The molecule has 0 bridgehead atoms. The summed E-state index contributed by atoms with van der Waals surface area (Å²) in [6, 6.07) is 14.1. The van der Waals surface area contributed by atoms with Crippen LogP contribution in [0.15, 0.2) is 59.5 Å². The Bertz CT molecular complexity index is 1130. The van der Waals surface area contributed by atoms with Gasteiger partial charge in [-0.25, -0.2) is 0 Å². The highest BCUT2D eigenvalue weighted by Gasteiger charge is 2.15. The van der Waals surface area contributed by atoms with Crippen LogP contribution in [0.3, 0.4) is 0 Å². The van der Waals surface area contributed by atoms with Gasteiger partial charge in [0, 0.05) is 17.6 Å². The summed E-state index contributed by atoms with van der Waals surface area (Å²) in [5, 5.41) is 20.8. The number of fused-ring (bicyclic) bond motifs is 1. The zero-order valence-electron chi connectivity index (χ0n) is 15.5. The van der Waals surface area contributed by atoms with Gasteiger partial charge in [-0.15, -0.1) is 0 Å². The third-order valence-corrected chi connectivity index (χ3v) is 4.24. The lowest BCUT2D eigenvalue weighted by atomic mass is 10.2. The predicted molar refractivity (Wildman–Crippen MR) is 107 cm³/mol. The maximum atomic E-state index is 12.6. The van der Waals surface area contributed by atoms with Gasteiger partial charge < -0.3 is 20.1 Å². The molecule has 3 heterocycles. The average molecular weight is 379 g/mol. The Kier molecular flexibility index (Phi) is 4.62. The molecule has 1 atom stereocenters. The fourth-order valence-corrected chi connectivity index (χ4v) is 3.05. The van der Waals surface area contributed by atoms with Crippen molar-refractivity contribution in [1.29, 1.82) is 0 Å². The number of aliphatic hydroxyl groups excluding tert-OH is 1. The molecule has 28 heavy (non-hydrogen) atoms. The van der Waals surface area contributed by atoms with E-state index in [0.29, 0.717) is 22.8 Å². The summed E-state index contributed by atoms with van der Waals surface area (Å²) in [7, 11) is 0. The quantitative estimate of drug-likeness (QED) is 0.385. The van der Waals surface area contributed by atoms with E-state index in [-0.39, 0.29) is 11.7 Å². The van der Waals surface area contributed by atoms with Crippen molar-refractivity contribution in [3.63, 3.8) is 0 Å². The van der Waals surface area contributed by atoms with Gasteiger partial charge in [0.1, 0.15) is 17.2 Å². The van der Waals surface area contributed by atoms with Crippen LogP contribution >= 0.6 is 0 Å². The normalized spacial score (nSPS) is 12.4. The van der Waals surface area contributed by atoms with E-state index in [2.05, 4.69) is 20.5 Å². The molecule has 3 aromatic heterocycles. The van der Waals surface area contributed by atoms with Gasteiger partial charge in [0.2, 0.25) is 0 Å². The van der Waals surface area contributed by atoms with Crippen LogP contribution in [0.1, 0.15) is 25.8 Å². The first-order valence-corrected chi connectivity index (χ1v) is 8.97. The molecular weight excluding hydrogens is 358 g/mol. The van der Waals surface area contributed by atoms with Crippen LogP contribution in [-0.2, 0) is 0 Å².